The van der Waals surface area contributed by atoms with Crippen LogP contribution in [0.15, 0.2) is 24.3 Å². The summed E-state index contributed by atoms with van der Waals surface area (Å²) in [6.07, 6.45) is 14.3. The maximum absolute atomic E-state index is 13.0. The number of allylic oxidation sites excluding steroid dienone is 3. The van der Waals surface area contributed by atoms with Crippen LogP contribution >= 0.6 is 0 Å². The first-order chi connectivity index (χ1) is 36.3. The van der Waals surface area contributed by atoms with E-state index < -0.39 is 124 Å². The molecule has 12 N–H and O–H groups in total. The van der Waals surface area contributed by atoms with E-state index in [0.29, 0.717) is 12.8 Å². The quantitative estimate of drug-likeness (QED) is 0.0298. The van der Waals surface area contributed by atoms with Crippen molar-refractivity contribution in [1.29, 1.82) is 0 Å². The monoisotopic (exact) mass is 1080 g/mol. The number of nitrogens with one attached hydrogen (secondary N) is 1. The van der Waals surface area contributed by atoms with Gasteiger partial charge < -0.3 is 89.9 Å². The van der Waals surface area contributed by atoms with E-state index in [9.17, 15) is 61.0 Å². The highest BCUT2D eigenvalue weighted by Gasteiger charge is 2.53. The smallest absolute Gasteiger partial charge is 0.220 e. The molecule has 17 atom stereocenters. The number of carbonyl (C=O) groups is 1. The van der Waals surface area contributed by atoms with Crippen molar-refractivity contribution in [2.75, 3.05) is 26.4 Å². The number of ether oxygens (including phenoxy) is 6. The lowest BCUT2D eigenvalue weighted by molar-refractivity contribution is -0.379. The minimum Gasteiger partial charge on any atom is -0.394 e. The molecule has 75 heavy (non-hydrogen) atoms. The van der Waals surface area contributed by atoms with Gasteiger partial charge >= 0.3 is 0 Å². The SMILES string of the molecule is CCCCCCCCCCCCCCCCCCCCCC/C=C/CC/C=C/C(O)C(COC1OC(CO)C(OC2OC(CO)C(OC3OC(CO)C(O)C(O)C3O)C(O)C2O)C(O)C1O)NC(=O)CCCCCC. The van der Waals surface area contributed by atoms with Gasteiger partial charge in [-0.2, -0.15) is 0 Å². The molecule has 3 aliphatic rings. The maximum atomic E-state index is 13.0. The minimum atomic E-state index is -1.98. The van der Waals surface area contributed by atoms with Gasteiger partial charge in [0, 0.05) is 6.42 Å². The first-order valence-corrected chi connectivity index (χ1v) is 29.1. The average molecular weight is 1080 g/mol. The van der Waals surface area contributed by atoms with Gasteiger partial charge in [0.2, 0.25) is 5.91 Å². The molecular formula is C56H103NO18. The summed E-state index contributed by atoms with van der Waals surface area (Å²) in [5.74, 6) is -0.304. The number of amides is 1. The van der Waals surface area contributed by atoms with Crippen LogP contribution in [0.1, 0.15) is 194 Å². The van der Waals surface area contributed by atoms with Crippen molar-refractivity contribution in [1.82, 2.24) is 5.32 Å². The standard InChI is InChI=1S/C56H103NO18/c1-3-5-7-9-10-11-12-13-14-15-16-17-18-19-20-21-22-23-24-25-26-27-28-29-30-31-33-40(61)39(57-44(62)34-32-8-6-4-2)38-70-54-50(68)47(65)52(42(36-59)72-54)75-56-51(69)48(66)53(43(37-60)73-56)74-55-49(67)46(64)45(63)41(35-58)71-55/h27-28,31,33,39-43,45-56,58-61,63-69H,3-26,29-30,32,34-38H2,1-2H3,(H,57,62)/b28-27+,33-31+. The zero-order valence-corrected chi connectivity index (χ0v) is 45.5. The largest absolute Gasteiger partial charge is 0.394 e. The lowest BCUT2D eigenvalue weighted by Crippen LogP contribution is -2.66. The Labute approximate surface area is 448 Å². The predicted molar refractivity (Wildman–Crippen MR) is 282 cm³/mol. The van der Waals surface area contributed by atoms with Crippen molar-refractivity contribution in [3.63, 3.8) is 0 Å². The van der Waals surface area contributed by atoms with Crippen molar-refractivity contribution in [2.24, 2.45) is 0 Å². The number of aliphatic hydroxyl groups excluding tert-OH is 11. The van der Waals surface area contributed by atoms with Crippen molar-refractivity contribution in [2.45, 2.75) is 298 Å². The van der Waals surface area contributed by atoms with Gasteiger partial charge in [0.05, 0.1) is 38.6 Å². The van der Waals surface area contributed by atoms with Crippen molar-refractivity contribution in [3.8, 4) is 0 Å². The molecule has 3 saturated heterocycles. The summed E-state index contributed by atoms with van der Waals surface area (Å²) in [5.41, 5.74) is 0. The molecule has 0 bridgehead atoms. The highest BCUT2D eigenvalue weighted by atomic mass is 16.8. The molecule has 17 unspecified atom stereocenters. The molecular weight excluding hydrogens is 975 g/mol. The van der Waals surface area contributed by atoms with Crippen LogP contribution in [0.25, 0.3) is 0 Å². The normalized spacial score (nSPS) is 31.3. The molecule has 3 rings (SSSR count). The molecule has 19 heteroatoms. The van der Waals surface area contributed by atoms with Gasteiger partial charge in [0.1, 0.15) is 73.2 Å². The van der Waals surface area contributed by atoms with Crippen LogP contribution in [0.5, 0.6) is 0 Å². The van der Waals surface area contributed by atoms with Crippen molar-refractivity contribution < 1.29 is 89.4 Å². The molecule has 3 fully saturated rings. The Hall–Kier alpha value is -1.73. The van der Waals surface area contributed by atoms with E-state index in [2.05, 4.69) is 31.3 Å². The fraction of sp³-hybridized carbons (Fsp3) is 0.911. The fourth-order valence-corrected chi connectivity index (χ4v) is 9.91. The number of rotatable bonds is 42. The van der Waals surface area contributed by atoms with Gasteiger partial charge in [-0.3, -0.25) is 4.79 Å². The Morgan fingerprint density at radius 3 is 1.33 bits per heavy atom. The second-order valence-electron chi connectivity index (χ2n) is 21.1. The van der Waals surface area contributed by atoms with Crippen LogP contribution in [-0.2, 0) is 33.2 Å². The summed E-state index contributed by atoms with van der Waals surface area (Å²) in [6, 6.07) is -0.981. The third-order valence-corrected chi connectivity index (χ3v) is 14.8. The molecule has 0 aromatic heterocycles. The topological polar surface area (TPSA) is 307 Å². The second-order valence-corrected chi connectivity index (χ2v) is 21.1. The molecule has 1 amide bonds. The van der Waals surface area contributed by atoms with E-state index in [1.54, 1.807) is 6.08 Å². The Balaban J connectivity index is 1.40. The van der Waals surface area contributed by atoms with Gasteiger partial charge in [0.15, 0.2) is 18.9 Å². The van der Waals surface area contributed by atoms with E-state index in [4.69, 9.17) is 28.4 Å². The number of unbranched alkanes of at least 4 members (excludes halogenated alkanes) is 24. The Bertz CT molecular complexity index is 1480. The van der Waals surface area contributed by atoms with Gasteiger partial charge in [-0.15, -0.1) is 0 Å². The lowest BCUT2D eigenvalue weighted by atomic mass is 9.96. The molecule has 440 valence electrons. The van der Waals surface area contributed by atoms with Crippen LogP contribution in [0.4, 0.5) is 0 Å². The summed E-state index contributed by atoms with van der Waals surface area (Å²) < 4.78 is 34.0. The minimum absolute atomic E-state index is 0.228. The average Bonchev–Trinajstić information content (AvgIpc) is 3.41. The predicted octanol–water partition coefficient (Wildman–Crippen LogP) is 4.37. The lowest BCUT2D eigenvalue weighted by Gasteiger charge is -2.48. The molecule has 0 aliphatic carbocycles. The number of hydrogen-bond donors (Lipinski definition) is 12. The molecule has 19 nitrogen and oxygen atoms in total. The molecule has 0 aromatic rings. The zero-order chi connectivity index (χ0) is 54.8. The van der Waals surface area contributed by atoms with Crippen molar-refractivity contribution in [3.05, 3.63) is 24.3 Å². The third-order valence-electron chi connectivity index (χ3n) is 14.8. The zero-order valence-electron chi connectivity index (χ0n) is 45.5. The summed E-state index contributed by atoms with van der Waals surface area (Å²) in [6.45, 7) is 1.55. The van der Waals surface area contributed by atoms with Crippen LogP contribution in [0.3, 0.4) is 0 Å². The van der Waals surface area contributed by atoms with Crippen LogP contribution in [-0.4, -0.2) is 193 Å². The Morgan fingerprint density at radius 2 is 0.853 bits per heavy atom. The molecule has 0 saturated carbocycles. The highest BCUT2D eigenvalue weighted by Crippen LogP contribution is 2.33. The summed E-state index contributed by atoms with van der Waals surface area (Å²) in [5, 5.41) is 119. The van der Waals surface area contributed by atoms with Crippen molar-refractivity contribution >= 4 is 5.91 Å². The third kappa shape index (κ3) is 25.1. The van der Waals surface area contributed by atoms with E-state index >= 15 is 0 Å². The van der Waals surface area contributed by atoms with Gasteiger partial charge in [-0.05, 0) is 32.1 Å². The Kier molecular flexibility index (Phi) is 36.4. The molecule has 0 aromatic carbocycles. The molecule has 3 heterocycles. The maximum Gasteiger partial charge on any atom is 0.220 e. The van der Waals surface area contributed by atoms with E-state index in [1.807, 2.05) is 6.08 Å². The van der Waals surface area contributed by atoms with Gasteiger partial charge in [-0.25, -0.2) is 0 Å². The molecule has 0 radical (unpaired) electrons. The molecule has 0 spiro atoms. The number of aliphatic hydroxyl groups is 11. The second kappa shape index (κ2) is 40.4. The van der Waals surface area contributed by atoms with Crippen LogP contribution < -0.4 is 5.32 Å². The van der Waals surface area contributed by atoms with Gasteiger partial charge in [0.25, 0.3) is 0 Å². The van der Waals surface area contributed by atoms with E-state index in [0.717, 1.165) is 38.5 Å². The fourth-order valence-electron chi connectivity index (χ4n) is 9.91. The first-order valence-electron chi connectivity index (χ1n) is 29.1. The number of hydrogen-bond acceptors (Lipinski definition) is 18. The Morgan fingerprint density at radius 1 is 0.467 bits per heavy atom. The molecule has 3 aliphatic heterocycles. The summed E-state index contributed by atoms with van der Waals surface area (Å²) >= 11 is 0. The highest BCUT2D eigenvalue weighted by molar-refractivity contribution is 5.76. The van der Waals surface area contributed by atoms with Crippen LogP contribution in [0.2, 0.25) is 0 Å². The summed E-state index contributed by atoms with van der Waals surface area (Å²) in [4.78, 5) is 13.0. The first kappa shape index (κ1) is 67.5. The number of carbonyl (C=O) groups excluding carboxylic acids is 1. The van der Waals surface area contributed by atoms with Crippen LogP contribution in [0, 0.1) is 0 Å². The van der Waals surface area contributed by atoms with E-state index in [1.165, 1.54) is 122 Å². The van der Waals surface area contributed by atoms with Gasteiger partial charge in [-0.1, -0.05) is 179 Å². The van der Waals surface area contributed by atoms with E-state index in [-0.39, 0.29) is 18.9 Å². The summed E-state index contributed by atoms with van der Waals surface area (Å²) in [7, 11) is 0.